The predicted octanol–water partition coefficient (Wildman–Crippen LogP) is 7.88. The monoisotopic (exact) mass is 566 g/mol. The molecule has 162 valence electrons. The first-order valence-electron chi connectivity index (χ1n) is 9.29. The first-order chi connectivity index (χ1) is 15.4. The van der Waals surface area contributed by atoms with E-state index in [1.165, 1.54) is 11.8 Å². The summed E-state index contributed by atoms with van der Waals surface area (Å²) in [5.41, 5.74) is 2.39. The number of hydrogen-bond acceptors (Lipinski definition) is 4. The summed E-state index contributed by atoms with van der Waals surface area (Å²) >= 11 is 22.8. The highest BCUT2D eigenvalue weighted by molar-refractivity contribution is 9.10. The van der Waals surface area contributed by atoms with E-state index in [-0.39, 0.29) is 5.91 Å². The molecule has 1 heterocycles. The predicted molar refractivity (Wildman–Crippen MR) is 137 cm³/mol. The van der Waals surface area contributed by atoms with Crippen LogP contribution in [0.5, 0.6) is 5.75 Å². The summed E-state index contributed by atoms with van der Waals surface area (Å²) in [5.74, 6) is 0.461. The summed E-state index contributed by atoms with van der Waals surface area (Å²) in [4.78, 5) is 17.3. The Balaban J connectivity index is 1.45. The minimum atomic E-state index is -0.198. The van der Waals surface area contributed by atoms with Crippen LogP contribution in [0, 0.1) is 0 Å². The van der Waals surface area contributed by atoms with Crippen LogP contribution >= 0.6 is 62.5 Å². The minimum absolute atomic E-state index is 0.198. The standard InChI is InChI=1S/C23H14BrCl3N2O2S/c24-18-9-13(1-8-20(18)31-12-14-2-3-16(26)11-19(14)27)10-21-22(30)29-23(32-21)28-17-6-4-15(25)5-7-17/h1-11H,12H2,(H,28,29,30)/b21-10-. The first kappa shape index (κ1) is 23.2. The highest BCUT2D eigenvalue weighted by Gasteiger charge is 2.23. The smallest absolute Gasteiger partial charge is 0.264 e. The largest absolute Gasteiger partial charge is 0.488 e. The summed E-state index contributed by atoms with van der Waals surface area (Å²) in [7, 11) is 0. The normalized spacial score (nSPS) is 15.9. The summed E-state index contributed by atoms with van der Waals surface area (Å²) < 4.78 is 6.63. The molecule has 1 aliphatic heterocycles. The number of halogens is 4. The Kier molecular flexibility index (Phi) is 7.48. The summed E-state index contributed by atoms with van der Waals surface area (Å²) in [6, 6.07) is 18.0. The van der Waals surface area contributed by atoms with Gasteiger partial charge in [0.05, 0.1) is 15.1 Å². The molecule has 1 fully saturated rings. The van der Waals surface area contributed by atoms with Gasteiger partial charge in [-0.2, -0.15) is 0 Å². The van der Waals surface area contributed by atoms with Crippen LogP contribution in [0.2, 0.25) is 15.1 Å². The molecule has 3 aromatic carbocycles. The highest BCUT2D eigenvalue weighted by atomic mass is 79.9. The van der Waals surface area contributed by atoms with Crippen molar-refractivity contribution in [3.8, 4) is 5.75 Å². The van der Waals surface area contributed by atoms with E-state index >= 15 is 0 Å². The molecule has 3 aromatic rings. The van der Waals surface area contributed by atoms with Gasteiger partial charge in [0, 0.05) is 20.6 Å². The fourth-order valence-electron chi connectivity index (χ4n) is 2.78. The number of benzene rings is 3. The van der Waals surface area contributed by atoms with E-state index in [0.29, 0.717) is 43.2 Å². The Labute approximate surface area is 212 Å². The molecular formula is C23H14BrCl3N2O2S. The van der Waals surface area contributed by atoms with Crippen molar-refractivity contribution in [2.75, 3.05) is 0 Å². The van der Waals surface area contributed by atoms with Gasteiger partial charge in [-0.3, -0.25) is 4.79 Å². The number of rotatable bonds is 5. The van der Waals surface area contributed by atoms with Crippen LogP contribution in [-0.2, 0) is 11.4 Å². The Morgan fingerprint density at radius 2 is 1.75 bits per heavy atom. The van der Waals surface area contributed by atoms with Crippen molar-refractivity contribution in [2.24, 2.45) is 4.99 Å². The summed E-state index contributed by atoms with van der Waals surface area (Å²) in [6.07, 6.45) is 1.80. The third kappa shape index (κ3) is 5.88. The van der Waals surface area contributed by atoms with Crippen LogP contribution in [0.4, 0.5) is 5.69 Å². The Hall–Kier alpha value is -1.96. The molecule has 0 atom stereocenters. The van der Waals surface area contributed by atoms with E-state index in [4.69, 9.17) is 39.5 Å². The molecule has 1 aliphatic rings. The van der Waals surface area contributed by atoms with Gasteiger partial charge in [-0.05, 0) is 87.9 Å². The van der Waals surface area contributed by atoms with Gasteiger partial charge in [0.1, 0.15) is 12.4 Å². The second-order valence-electron chi connectivity index (χ2n) is 6.67. The fourth-order valence-corrected chi connectivity index (χ4v) is 4.72. The molecule has 4 rings (SSSR count). The molecule has 32 heavy (non-hydrogen) atoms. The summed E-state index contributed by atoms with van der Waals surface area (Å²) in [6.45, 7) is 0.303. The van der Waals surface area contributed by atoms with Crippen LogP contribution in [-0.4, -0.2) is 11.1 Å². The van der Waals surface area contributed by atoms with Gasteiger partial charge in [-0.1, -0.05) is 46.9 Å². The lowest BCUT2D eigenvalue weighted by Crippen LogP contribution is -2.19. The molecule has 0 unspecified atom stereocenters. The molecule has 4 nitrogen and oxygen atoms in total. The number of aliphatic imine (C=N–C) groups is 1. The summed E-state index contributed by atoms with van der Waals surface area (Å²) in [5, 5.41) is 5.05. The van der Waals surface area contributed by atoms with Crippen molar-refractivity contribution in [2.45, 2.75) is 6.61 Å². The van der Waals surface area contributed by atoms with E-state index < -0.39 is 0 Å². The van der Waals surface area contributed by atoms with E-state index in [2.05, 4.69) is 26.2 Å². The number of amides is 1. The topological polar surface area (TPSA) is 50.7 Å². The lowest BCUT2D eigenvalue weighted by Gasteiger charge is -2.10. The molecule has 1 saturated heterocycles. The average molecular weight is 569 g/mol. The van der Waals surface area contributed by atoms with Gasteiger partial charge < -0.3 is 10.1 Å². The molecule has 0 radical (unpaired) electrons. The van der Waals surface area contributed by atoms with Crippen molar-refractivity contribution in [1.29, 1.82) is 0 Å². The Morgan fingerprint density at radius 1 is 1.00 bits per heavy atom. The zero-order valence-corrected chi connectivity index (χ0v) is 20.9. The molecule has 0 spiro atoms. The minimum Gasteiger partial charge on any atom is -0.488 e. The second kappa shape index (κ2) is 10.3. The van der Waals surface area contributed by atoms with Gasteiger partial charge in [-0.25, -0.2) is 4.99 Å². The van der Waals surface area contributed by atoms with Crippen LogP contribution in [0.25, 0.3) is 6.08 Å². The van der Waals surface area contributed by atoms with Gasteiger partial charge in [-0.15, -0.1) is 0 Å². The lowest BCUT2D eigenvalue weighted by atomic mass is 10.2. The molecule has 0 bridgehead atoms. The van der Waals surface area contributed by atoms with E-state index in [9.17, 15) is 4.79 Å². The van der Waals surface area contributed by atoms with E-state index in [1.807, 2.05) is 24.3 Å². The molecule has 0 saturated carbocycles. The quantitative estimate of drug-likeness (QED) is 0.319. The van der Waals surface area contributed by atoms with Crippen molar-refractivity contribution in [3.05, 3.63) is 96.2 Å². The van der Waals surface area contributed by atoms with Gasteiger partial charge in [0.25, 0.3) is 5.91 Å². The average Bonchev–Trinajstić information content (AvgIpc) is 3.09. The third-order valence-electron chi connectivity index (χ3n) is 4.36. The highest BCUT2D eigenvalue weighted by Crippen LogP contribution is 2.32. The number of amidine groups is 1. The van der Waals surface area contributed by atoms with Gasteiger partial charge in [0.2, 0.25) is 0 Å². The number of nitrogens with one attached hydrogen (secondary N) is 1. The lowest BCUT2D eigenvalue weighted by molar-refractivity contribution is -0.115. The molecule has 1 amide bonds. The molecular weight excluding hydrogens is 555 g/mol. The van der Waals surface area contributed by atoms with Crippen LogP contribution < -0.4 is 10.1 Å². The number of ether oxygens (including phenoxy) is 1. The molecule has 0 aromatic heterocycles. The van der Waals surface area contributed by atoms with E-state index in [1.54, 1.807) is 42.5 Å². The van der Waals surface area contributed by atoms with Crippen LogP contribution in [0.1, 0.15) is 11.1 Å². The van der Waals surface area contributed by atoms with Crippen molar-refractivity contribution in [1.82, 2.24) is 5.32 Å². The fraction of sp³-hybridized carbons (Fsp3) is 0.0435. The van der Waals surface area contributed by atoms with Crippen molar-refractivity contribution >= 4 is 85.3 Å². The molecule has 9 heteroatoms. The number of nitrogens with zero attached hydrogens (tertiary/aromatic N) is 1. The van der Waals surface area contributed by atoms with Crippen molar-refractivity contribution in [3.63, 3.8) is 0 Å². The first-order valence-corrected chi connectivity index (χ1v) is 12.0. The number of hydrogen-bond donors (Lipinski definition) is 1. The maximum atomic E-state index is 12.3. The third-order valence-corrected chi connectivity index (χ3v) is 6.73. The number of thioether (sulfide) groups is 1. The zero-order chi connectivity index (χ0) is 22.7. The van der Waals surface area contributed by atoms with Gasteiger partial charge in [0.15, 0.2) is 5.17 Å². The SMILES string of the molecule is O=C1NC(=Nc2ccc(Cl)cc2)S/C1=C\c1ccc(OCc2ccc(Cl)cc2Cl)c(Br)c1. The van der Waals surface area contributed by atoms with E-state index in [0.717, 1.165) is 15.6 Å². The number of carbonyl (C=O) groups excluding carboxylic acids is 1. The molecule has 1 N–H and O–H groups in total. The van der Waals surface area contributed by atoms with Gasteiger partial charge >= 0.3 is 0 Å². The van der Waals surface area contributed by atoms with Crippen LogP contribution in [0.3, 0.4) is 0 Å². The van der Waals surface area contributed by atoms with Crippen LogP contribution in [0.15, 0.2) is 75.0 Å². The maximum absolute atomic E-state index is 12.3. The Bertz CT molecular complexity index is 1250. The maximum Gasteiger partial charge on any atom is 0.264 e. The molecule has 0 aliphatic carbocycles. The zero-order valence-electron chi connectivity index (χ0n) is 16.2. The second-order valence-corrected chi connectivity index (χ2v) is 9.84. The Morgan fingerprint density at radius 3 is 2.47 bits per heavy atom. The number of carbonyl (C=O) groups is 1. The van der Waals surface area contributed by atoms with Crippen molar-refractivity contribution < 1.29 is 9.53 Å².